The van der Waals surface area contributed by atoms with Crippen molar-refractivity contribution in [2.45, 2.75) is 19.1 Å². The van der Waals surface area contributed by atoms with Crippen LogP contribution in [0.25, 0.3) is 0 Å². The van der Waals surface area contributed by atoms with Crippen LogP contribution in [-0.2, 0) is 17.8 Å². The zero-order chi connectivity index (χ0) is 15.2. The second-order valence-electron chi connectivity index (χ2n) is 5.58. The molecule has 0 saturated carbocycles. The van der Waals surface area contributed by atoms with Crippen molar-refractivity contribution in [3.8, 4) is 0 Å². The number of rotatable bonds is 6. The number of nitrogens with zero attached hydrogens (tertiary/aromatic N) is 4. The second kappa shape index (κ2) is 8.98. The fraction of sp³-hybridized carbons (Fsp3) is 0.500. The quantitative estimate of drug-likeness (QED) is 0.865. The first-order chi connectivity index (χ1) is 10.9. The molecule has 0 amide bonds. The second-order valence-corrected chi connectivity index (χ2v) is 5.58. The van der Waals surface area contributed by atoms with Crippen LogP contribution in [-0.4, -0.2) is 53.0 Å². The molecule has 23 heavy (non-hydrogen) atoms. The number of aromatic nitrogens is 3. The van der Waals surface area contributed by atoms with Gasteiger partial charge in [0.2, 0.25) is 0 Å². The van der Waals surface area contributed by atoms with Crippen LogP contribution in [0, 0.1) is 0 Å². The first kappa shape index (κ1) is 17.9. The Hall–Kier alpha value is -1.47. The molecule has 0 bridgehead atoms. The Morgan fingerprint density at radius 1 is 1.39 bits per heavy atom. The zero-order valence-electron chi connectivity index (χ0n) is 13.4. The van der Waals surface area contributed by atoms with Crippen LogP contribution in [0.15, 0.2) is 36.9 Å². The molecule has 3 heterocycles. The molecule has 2 aromatic heterocycles. The van der Waals surface area contributed by atoms with E-state index in [0.29, 0.717) is 12.6 Å². The molecular weight excluding hydrogens is 314 g/mol. The maximum atomic E-state index is 5.09. The number of hydrogen-bond donors (Lipinski definition) is 1. The third kappa shape index (κ3) is 4.75. The summed E-state index contributed by atoms with van der Waals surface area (Å²) < 4.78 is 7.04. The van der Waals surface area contributed by atoms with E-state index in [-0.39, 0.29) is 12.4 Å². The molecule has 1 aliphatic rings. The monoisotopic (exact) mass is 337 g/mol. The van der Waals surface area contributed by atoms with Gasteiger partial charge in [-0.2, -0.15) is 5.10 Å². The van der Waals surface area contributed by atoms with Crippen LogP contribution in [0.2, 0.25) is 0 Å². The normalized spacial score (nSPS) is 18.6. The Kier molecular flexibility index (Phi) is 6.98. The Morgan fingerprint density at radius 3 is 3.09 bits per heavy atom. The highest BCUT2D eigenvalue weighted by molar-refractivity contribution is 5.85. The molecule has 0 aromatic carbocycles. The SMILES string of the molecule is COCCn1cc(CN2CCNCC2c2cccnc2)cn1.Cl. The van der Waals surface area contributed by atoms with Gasteiger partial charge in [-0.15, -0.1) is 12.4 Å². The van der Waals surface area contributed by atoms with Crippen LogP contribution in [0.3, 0.4) is 0 Å². The molecule has 1 saturated heterocycles. The Balaban J connectivity index is 0.00000192. The van der Waals surface area contributed by atoms with Crippen molar-refractivity contribution in [2.24, 2.45) is 0 Å². The third-order valence-corrected chi connectivity index (χ3v) is 4.02. The van der Waals surface area contributed by atoms with E-state index in [9.17, 15) is 0 Å². The van der Waals surface area contributed by atoms with Gasteiger partial charge in [0.25, 0.3) is 0 Å². The fourth-order valence-corrected chi connectivity index (χ4v) is 2.87. The van der Waals surface area contributed by atoms with Gasteiger partial charge >= 0.3 is 0 Å². The van der Waals surface area contributed by atoms with Crippen LogP contribution in [0.5, 0.6) is 0 Å². The Morgan fingerprint density at radius 2 is 2.30 bits per heavy atom. The largest absolute Gasteiger partial charge is 0.383 e. The van der Waals surface area contributed by atoms with Crippen molar-refractivity contribution >= 4 is 12.4 Å². The molecule has 0 radical (unpaired) electrons. The van der Waals surface area contributed by atoms with E-state index in [0.717, 1.165) is 32.7 Å². The lowest BCUT2D eigenvalue weighted by Crippen LogP contribution is -2.45. The Bertz CT molecular complexity index is 577. The summed E-state index contributed by atoms with van der Waals surface area (Å²) in [6, 6.07) is 4.52. The zero-order valence-corrected chi connectivity index (χ0v) is 14.2. The van der Waals surface area contributed by atoms with Gasteiger partial charge in [-0.3, -0.25) is 14.6 Å². The number of halogens is 1. The number of pyridine rings is 1. The molecule has 126 valence electrons. The van der Waals surface area contributed by atoms with Crippen molar-refractivity contribution in [1.29, 1.82) is 0 Å². The first-order valence-corrected chi connectivity index (χ1v) is 7.72. The first-order valence-electron chi connectivity index (χ1n) is 7.72. The van der Waals surface area contributed by atoms with E-state index in [1.165, 1.54) is 11.1 Å². The molecule has 0 aliphatic carbocycles. The minimum Gasteiger partial charge on any atom is -0.383 e. The van der Waals surface area contributed by atoms with Gasteiger partial charge in [-0.1, -0.05) is 6.07 Å². The average molecular weight is 338 g/mol. The van der Waals surface area contributed by atoms with E-state index in [1.54, 1.807) is 7.11 Å². The van der Waals surface area contributed by atoms with E-state index in [2.05, 4.69) is 32.6 Å². The molecule has 1 aliphatic heterocycles. The summed E-state index contributed by atoms with van der Waals surface area (Å²) >= 11 is 0. The lowest BCUT2D eigenvalue weighted by Gasteiger charge is -2.36. The summed E-state index contributed by atoms with van der Waals surface area (Å²) in [5.41, 5.74) is 2.51. The maximum absolute atomic E-state index is 5.09. The molecule has 7 heteroatoms. The topological polar surface area (TPSA) is 55.2 Å². The number of nitrogens with one attached hydrogen (secondary N) is 1. The number of methoxy groups -OCH3 is 1. The molecule has 1 N–H and O–H groups in total. The molecule has 1 unspecified atom stereocenters. The fourth-order valence-electron chi connectivity index (χ4n) is 2.87. The van der Waals surface area contributed by atoms with Crippen molar-refractivity contribution in [3.05, 3.63) is 48.0 Å². The maximum Gasteiger partial charge on any atom is 0.0658 e. The lowest BCUT2D eigenvalue weighted by atomic mass is 10.0. The van der Waals surface area contributed by atoms with Crippen LogP contribution < -0.4 is 5.32 Å². The number of ether oxygens (including phenoxy) is 1. The highest BCUT2D eigenvalue weighted by atomic mass is 35.5. The van der Waals surface area contributed by atoms with Gasteiger partial charge in [0.1, 0.15) is 0 Å². The van der Waals surface area contributed by atoms with Gasteiger partial charge in [-0.05, 0) is 11.6 Å². The molecule has 6 nitrogen and oxygen atoms in total. The van der Waals surface area contributed by atoms with E-state index < -0.39 is 0 Å². The van der Waals surface area contributed by atoms with Crippen molar-refractivity contribution in [3.63, 3.8) is 0 Å². The lowest BCUT2D eigenvalue weighted by molar-refractivity contribution is 0.153. The Labute approximate surface area is 143 Å². The number of piperazine rings is 1. The van der Waals surface area contributed by atoms with Gasteiger partial charge in [0, 0.05) is 63.5 Å². The van der Waals surface area contributed by atoms with Crippen LogP contribution >= 0.6 is 12.4 Å². The van der Waals surface area contributed by atoms with Gasteiger partial charge in [0.05, 0.1) is 19.3 Å². The minimum absolute atomic E-state index is 0. The van der Waals surface area contributed by atoms with E-state index in [4.69, 9.17) is 4.74 Å². The molecule has 0 spiro atoms. The van der Waals surface area contributed by atoms with E-state index >= 15 is 0 Å². The number of hydrogen-bond acceptors (Lipinski definition) is 5. The van der Waals surface area contributed by atoms with Crippen molar-refractivity contribution in [1.82, 2.24) is 25.0 Å². The highest BCUT2D eigenvalue weighted by Gasteiger charge is 2.24. The summed E-state index contributed by atoms with van der Waals surface area (Å²) in [6.45, 7) is 5.41. The summed E-state index contributed by atoms with van der Waals surface area (Å²) in [5, 5.41) is 7.87. The highest BCUT2D eigenvalue weighted by Crippen LogP contribution is 2.23. The van der Waals surface area contributed by atoms with Gasteiger partial charge < -0.3 is 10.1 Å². The molecular formula is C16H24ClN5O. The predicted molar refractivity (Wildman–Crippen MR) is 91.6 cm³/mol. The molecule has 3 rings (SSSR count). The standard InChI is InChI=1S/C16H23N5O.ClH/c1-22-8-7-21-13-14(9-19-21)12-20-6-5-18-11-16(20)15-3-2-4-17-10-15;/h2-4,9-10,13,16,18H,5-8,11-12H2,1H3;1H. The predicted octanol–water partition coefficient (Wildman–Crippen LogP) is 1.49. The summed E-state index contributed by atoms with van der Waals surface area (Å²) in [5.74, 6) is 0. The minimum atomic E-state index is 0. The van der Waals surface area contributed by atoms with Crippen molar-refractivity contribution < 1.29 is 4.74 Å². The summed E-state index contributed by atoms with van der Waals surface area (Å²) in [4.78, 5) is 6.75. The smallest absolute Gasteiger partial charge is 0.0658 e. The van der Waals surface area contributed by atoms with Crippen LogP contribution in [0.1, 0.15) is 17.2 Å². The van der Waals surface area contributed by atoms with E-state index in [1.807, 2.05) is 29.3 Å². The van der Waals surface area contributed by atoms with Crippen molar-refractivity contribution in [2.75, 3.05) is 33.4 Å². The molecule has 1 atom stereocenters. The average Bonchev–Trinajstić information content (AvgIpc) is 3.02. The summed E-state index contributed by atoms with van der Waals surface area (Å²) in [6.07, 6.45) is 7.86. The summed E-state index contributed by atoms with van der Waals surface area (Å²) in [7, 11) is 1.71. The van der Waals surface area contributed by atoms with Gasteiger partial charge in [-0.25, -0.2) is 0 Å². The molecule has 1 fully saturated rings. The molecule has 2 aromatic rings. The third-order valence-electron chi connectivity index (χ3n) is 4.02. The van der Waals surface area contributed by atoms with Gasteiger partial charge in [0.15, 0.2) is 0 Å². The van der Waals surface area contributed by atoms with Crippen LogP contribution in [0.4, 0.5) is 0 Å².